The molecule has 0 saturated carbocycles. The number of amides is 1. The molecule has 2 aromatic heterocycles. The number of hydrogen-bond acceptors (Lipinski definition) is 7. The molecule has 1 amide bonds. The molecule has 0 fully saturated rings. The van der Waals surface area contributed by atoms with Gasteiger partial charge < -0.3 is 20.0 Å². The van der Waals surface area contributed by atoms with E-state index in [4.69, 9.17) is 10.2 Å². The lowest BCUT2D eigenvalue weighted by atomic mass is 10.1. The maximum atomic E-state index is 12.9. The van der Waals surface area contributed by atoms with Crippen molar-refractivity contribution in [3.05, 3.63) is 53.7 Å². The van der Waals surface area contributed by atoms with Crippen LogP contribution in [0.25, 0.3) is 11.0 Å². The number of rotatable bonds is 6. The molecule has 140 valence electrons. The van der Waals surface area contributed by atoms with E-state index in [0.29, 0.717) is 17.9 Å². The van der Waals surface area contributed by atoms with E-state index in [2.05, 4.69) is 24.6 Å². The second-order valence-corrected chi connectivity index (χ2v) is 6.90. The highest BCUT2D eigenvalue weighted by Crippen LogP contribution is 2.28. The molecule has 0 spiro atoms. The molecule has 1 aromatic carbocycles. The number of aryl methyl sites for hydroxylation is 2. The Morgan fingerprint density at radius 2 is 2.33 bits per heavy atom. The van der Waals surface area contributed by atoms with Crippen molar-refractivity contribution in [2.75, 3.05) is 6.54 Å². The van der Waals surface area contributed by atoms with Crippen LogP contribution in [0, 0.1) is 6.92 Å². The van der Waals surface area contributed by atoms with Crippen LogP contribution in [0.4, 0.5) is 0 Å². The fraction of sp³-hybridized carbons (Fsp3) is 0.278. The molecule has 1 unspecified atom stereocenters. The molecule has 3 heterocycles. The fourth-order valence-electron chi connectivity index (χ4n) is 3.12. The second-order valence-electron chi connectivity index (χ2n) is 6.25. The molecule has 3 aromatic rings. The molecule has 4 rings (SSSR count). The Labute approximate surface area is 160 Å². The molecule has 8 nitrogen and oxygen atoms in total. The quantitative estimate of drug-likeness (QED) is 0.562. The van der Waals surface area contributed by atoms with Gasteiger partial charge in [-0.2, -0.15) is 0 Å². The fourth-order valence-corrected chi connectivity index (χ4v) is 3.76. The zero-order chi connectivity index (χ0) is 18.9. The van der Waals surface area contributed by atoms with Gasteiger partial charge in [0.05, 0.1) is 22.8 Å². The van der Waals surface area contributed by atoms with Crippen LogP contribution in [0.2, 0.25) is 0 Å². The molecule has 0 radical (unpaired) electrons. The number of benzene rings is 1. The lowest BCUT2D eigenvalue weighted by Crippen LogP contribution is -2.50. The summed E-state index contributed by atoms with van der Waals surface area (Å²) in [5, 5.41) is 2.92. The van der Waals surface area contributed by atoms with Crippen LogP contribution >= 0.6 is 11.9 Å². The van der Waals surface area contributed by atoms with Gasteiger partial charge in [0.25, 0.3) is 11.7 Å². The number of carbonyl (C=O) groups excluding carboxylic acids is 1. The summed E-state index contributed by atoms with van der Waals surface area (Å²) >= 11 is 1.29. The summed E-state index contributed by atoms with van der Waals surface area (Å²) in [6, 6.07) is 9.02. The van der Waals surface area contributed by atoms with Gasteiger partial charge in [0.15, 0.2) is 5.76 Å². The van der Waals surface area contributed by atoms with Gasteiger partial charge in [-0.15, -0.1) is 0 Å². The predicted octanol–water partition coefficient (Wildman–Crippen LogP) is 2.11. The molecule has 9 heteroatoms. The molecule has 0 saturated heterocycles. The van der Waals surface area contributed by atoms with E-state index in [1.807, 2.05) is 13.0 Å². The number of carbonyl (C=O) groups is 1. The van der Waals surface area contributed by atoms with Gasteiger partial charge in [-0.05, 0) is 62.2 Å². The van der Waals surface area contributed by atoms with Gasteiger partial charge in [-0.3, -0.25) is 4.79 Å². The van der Waals surface area contributed by atoms with Crippen LogP contribution in [0.3, 0.4) is 0 Å². The van der Waals surface area contributed by atoms with Crippen LogP contribution < -0.4 is 15.8 Å². The minimum atomic E-state index is -1.11. The third-order valence-electron chi connectivity index (χ3n) is 4.47. The molecule has 1 atom stereocenters. The Bertz CT molecular complexity index is 997. The molecule has 4 N–H and O–H groups in total. The molecular formula is C18H20N6O2S. The number of hydrogen-bond donors (Lipinski definition) is 3. The molecular weight excluding hydrogens is 364 g/mol. The van der Waals surface area contributed by atoms with E-state index in [-0.39, 0.29) is 5.91 Å². The lowest BCUT2D eigenvalue weighted by molar-refractivity contribution is 0.0883. The first-order chi connectivity index (χ1) is 13.1. The van der Waals surface area contributed by atoms with Crippen LogP contribution in [0.5, 0.6) is 0 Å². The number of fused-ring (bicyclic) bond motifs is 1. The topological polar surface area (TPSA) is 110 Å². The van der Waals surface area contributed by atoms with Crippen LogP contribution in [0.15, 0.2) is 46.0 Å². The van der Waals surface area contributed by atoms with Crippen LogP contribution in [-0.4, -0.2) is 27.5 Å². The lowest BCUT2D eigenvalue weighted by Gasteiger charge is -2.24. The molecule has 1 aliphatic heterocycles. The van der Waals surface area contributed by atoms with Gasteiger partial charge in [-0.25, -0.2) is 14.7 Å². The monoisotopic (exact) mass is 384 g/mol. The highest BCUT2D eigenvalue weighted by atomic mass is 32.2. The molecule has 1 aliphatic rings. The number of nitrogens with zero attached hydrogens (tertiary/aromatic N) is 3. The first-order valence-corrected chi connectivity index (χ1v) is 9.51. The van der Waals surface area contributed by atoms with E-state index in [1.54, 1.807) is 36.1 Å². The highest BCUT2D eigenvalue weighted by Gasteiger charge is 2.39. The van der Waals surface area contributed by atoms with Crippen molar-refractivity contribution in [1.29, 1.82) is 0 Å². The Morgan fingerprint density at radius 3 is 3.04 bits per heavy atom. The van der Waals surface area contributed by atoms with E-state index < -0.39 is 5.79 Å². The number of aromatic nitrogens is 2. The molecule has 27 heavy (non-hydrogen) atoms. The summed E-state index contributed by atoms with van der Waals surface area (Å²) in [7, 11) is 0. The van der Waals surface area contributed by atoms with Crippen molar-refractivity contribution >= 4 is 34.4 Å². The highest BCUT2D eigenvalue weighted by molar-refractivity contribution is 8.10. The zero-order valence-corrected chi connectivity index (χ0v) is 15.6. The van der Waals surface area contributed by atoms with Crippen LogP contribution in [-0.2, 0) is 12.3 Å². The SMILES string of the molecule is Cc1nc2cc(C(=O)NC3(c4ccco4)N=CSN3)ccc2n1CCCN. The summed E-state index contributed by atoms with van der Waals surface area (Å²) in [5.74, 6) is 0.0348. The third-order valence-corrected chi connectivity index (χ3v) is 5.09. The Kier molecular flexibility index (Phi) is 4.73. The summed E-state index contributed by atoms with van der Waals surface area (Å²) in [6.45, 7) is 3.39. The Morgan fingerprint density at radius 1 is 1.44 bits per heavy atom. The van der Waals surface area contributed by atoms with Crippen molar-refractivity contribution in [3.8, 4) is 0 Å². The van der Waals surface area contributed by atoms with Crippen molar-refractivity contribution in [2.24, 2.45) is 10.7 Å². The first kappa shape index (κ1) is 17.8. The number of imidazole rings is 1. The minimum absolute atomic E-state index is 0.269. The zero-order valence-electron chi connectivity index (χ0n) is 14.8. The predicted molar refractivity (Wildman–Crippen MR) is 105 cm³/mol. The summed E-state index contributed by atoms with van der Waals surface area (Å²) in [4.78, 5) is 21.8. The second kappa shape index (κ2) is 7.18. The van der Waals surface area contributed by atoms with Crippen molar-refractivity contribution in [2.45, 2.75) is 25.7 Å². The van der Waals surface area contributed by atoms with E-state index in [9.17, 15) is 4.79 Å². The van der Waals surface area contributed by atoms with Gasteiger partial charge in [0.1, 0.15) is 5.82 Å². The number of nitrogens with one attached hydrogen (secondary N) is 2. The Balaban J connectivity index is 1.62. The maximum absolute atomic E-state index is 12.9. The molecule has 0 bridgehead atoms. The largest absolute Gasteiger partial charge is 0.463 e. The number of aliphatic imine (C=N–C) groups is 1. The van der Waals surface area contributed by atoms with E-state index in [1.165, 1.54) is 11.9 Å². The Hall–Kier alpha value is -2.62. The van der Waals surface area contributed by atoms with E-state index >= 15 is 0 Å². The van der Waals surface area contributed by atoms with Gasteiger partial charge in [0, 0.05) is 12.1 Å². The number of nitrogens with two attached hydrogens (primary N) is 1. The minimum Gasteiger partial charge on any atom is -0.463 e. The average molecular weight is 384 g/mol. The smallest absolute Gasteiger partial charge is 0.257 e. The maximum Gasteiger partial charge on any atom is 0.257 e. The first-order valence-electron chi connectivity index (χ1n) is 8.63. The van der Waals surface area contributed by atoms with Crippen molar-refractivity contribution < 1.29 is 9.21 Å². The van der Waals surface area contributed by atoms with Crippen molar-refractivity contribution in [3.63, 3.8) is 0 Å². The summed E-state index contributed by atoms with van der Waals surface area (Å²) < 4.78 is 10.7. The van der Waals surface area contributed by atoms with E-state index in [0.717, 1.165) is 29.8 Å². The summed E-state index contributed by atoms with van der Waals surface area (Å²) in [5.41, 5.74) is 9.53. The van der Waals surface area contributed by atoms with Gasteiger partial charge in [0.2, 0.25) is 0 Å². The van der Waals surface area contributed by atoms with Gasteiger partial charge >= 0.3 is 0 Å². The standard InChI is InChI=1S/C18H20N6O2S/c1-12-21-14-10-13(5-6-15(14)24(12)8-3-7-19)17(25)22-18(20-11-27-23-18)16-4-2-9-26-16/h2,4-6,9-11,23H,3,7-8,19H2,1H3,(H,22,25). The van der Waals surface area contributed by atoms with Gasteiger partial charge in [-0.1, -0.05) is 0 Å². The average Bonchev–Trinajstić information content (AvgIpc) is 3.40. The summed E-state index contributed by atoms with van der Waals surface area (Å²) in [6.07, 6.45) is 2.42. The third kappa shape index (κ3) is 3.25. The van der Waals surface area contributed by atoms with Crippen LogP contribution in [0.1, 0.15) is 28.4 Å². The van der Waals surface area contributed by atoms with Crippen molar-refractivity contribution in [1.82, 2.24) is 19.6 Å². The normalized spacial score (nSPS) is 19.0. The molecule has 0 aliphatic carbocycles. The number of furan rings is 1.